The second-order valence-electron chi connectivity index (χ2n) is 7.12. The molecule has 0 aliphatic carbocycles. The van der Waals surface area contributed by atoms with Crippen LogP contribution in [0.3, 0.4) is 0 Å². The average molecular weight is 343 g/mol. The third-order valence-electron chi connectivity index (χ3n) is 4.50. The smallest absolute Gasteiger partial charge is 0.317 e. The summed E-state index contributed by atoms with van der Waals surface area (Å²) >= 11 is 0. The van der Waals surface area contributed by atoms with E-state index in [4.69, 9.17) is 5.11 Å². The van der Waals surface area contributed by atoms with Gasteiger partial charge in [0.25, 0.3) is 0 Å². The summed E-state index contributed by atoms with van der Waals surface area (Å²) in [6, 6.07) is 0.335. The molecule has 3 N–H and O–H groups in total. The molecule has 0 rings (SSSR count). The molecule has 0 radical (unpaired) electrons. The van der Waals surface area contributed by atoms with Gasteiger partial charge in [-0.1, -0.05) is 84.0 Å². The summed E-state index contributed by atoms with van der Waals surface area (Å²) in [5, 5.41) is 14.9. The van der Waals surface area contributed by atoms with Gasteiger partial charge in [-0.05, 0) is 19.9 Å². The van der Waals surface area contributed by atoms with E-state index >= 15 is 0 Å². The molecule has 0 aromatic rings. The molecule has 0 aromatic heterocycles. The van der Waals surface area contributed by atoms with Crippen molar-refractivity contribution in [3.05, 3.63) is 0 Å². The fourth-order valence-electron chi connectivity index (χ4n) is 2.96. The second kappa shape index (κ2) is 18.7. The second-order valence-corrected chi connectivity index (χ2v) is 7.12. The Morgan fingerprint density at radius 3 is 1.75 bits per heavy atom. The topological polar surface area (TPSA) is 61.4 Å². The lowest BCUT2D eigenvalue weighted by molar-refractivity contribution is -0.135. The van der Waals surface area contributed by atoms with Gasteiger partial charge in [0.15, 0.2) is 0 Å². The van der Waals surface area contributed by atoms with Crippen molar-refractivity contribution in [2.24, 2.45) is 0 Å². The largest absolute Gasteiger partial charge is 0.480 e. The molecule has 144 valence electrons. The fraction of sp³-hybridized carbons (Fsp3) is 0.950. The third kappa shape index (κ3) is 19.4. The average Bonchev–Trinajstić information content (AvgIpc) is 2.55. The zero-order valence-electron chi connectivity index (χ0n) is 16.2. The molecular weight excluding hydrogens is 300 g/mol. The Morgan fingerprint density at radius 1 is 0.833 bits per heavy atom. The molecule has 0 aliphatic heterocycles. The van der Waals surface area contributed by atoms with Crippen molar-refractivity contribution in [1.82, 2.24) is 10.6 Å². The first-order valence-electron chi connectivity index (χ1n) is 10.3. The Kier molecular flexibility index (Phi) is 18.2. The van der Waals surface area contributed by atoms with Crippen molar-refractivity contribution in [2.45, 2.75) is 103 Å². The van der Waals surface area contributed by atoms with Gasteiger partial charge in [-0.2, -0.15) is 0 Å². The zero-order valence-corrected chi connectivity index (χ0v) is 16.2. The van der Waals surface area contributed by atoms with Gasteiger partial charge in [0.1, 0.15) is 0 Å². The molecule has 0 aliphatic rings. The van der Waals surface area contributed by atoms with Crippen LogP contribution >= 0.6 is 0 Å². The number of carboxylic acid groups (broad SMARTS) is 1. The number of carbonyl (C=O) groups is 1. The first-order valence-corrected chi connectivity index (χ1v) is 10.3. The summed E-state index contributed by atoms with van der Waals surface area (Å²) in [6.45, 7) is 6.16. The minimum Gasteiger partial charge on any atom is -0.480 e. The van der Waals surface area contributed by atoms with Crippen molar-refractivity contribution in [2.75, 3.05) is 19.6 Å². The number of rotatable bonds is 19. The molecule has 4 nitrogen and oxygen atoms in total. The third-order valence-corrected chi connectivity index (χ3v) is 4.50. The van der Waals surface area contributed by atoms with E-state index in [0.29, 0.717) is 12.6 Å². The zero-order chi connectivity index (χ0) is 17.9. The minimum absolute atomic E-state index is 0.0464. The number of nitrogens with one attached hydrogen (secondary N) is 2. The molecule has 4 heteroatoms. The molecule has 0 bridgehead atoms. The van der Waals surface area contributed by atoms with Crippen LogP contribution in [0, 0.1) is 0 Å². The summed E-state index contributed by atoms with van der Waals surface area (Å²) in [7, 11) is 0. The lowest BCUT2D eigenvalue weighted by Gasteiger charge is -2.13. The van der Waals surface area contributed by atoms with E-state index in [-0.39, 0.29) is 6.54 Å². The molecule has 0 saturated heterocycles. The highest BCUT2D eigenvalue weighted by atomic mass is 16.4. The standard InChI is InChI=1S/C20H42N2O2/c1-3-4-5-6-7-8-9-10-11-12-13-14-15-16-22-19(2)17-21-18-20(23)24/h19,21-22H,3-18H2,1-2H3,(H,23,24). The molecule has 24 heavy (non-hydrogen) atoms. The van der Waals surface area contributed by atoms with E-state index in [1.165, 1.54) is 83.5 Å². The van der Waals surface area contributed by atoms with Crippen molar-refractivity contribution in [3.8, 4) is 0 Å². The van der Waals surface area contributed by atoms with Crippen LogP contribution in [0.2, 0.25) is 0 Å². The highest BCUT2D eigenvalue weighted by Crippen LogP contribution is 2.12. The van der Waals surface area contributed by atoms with E-state index < -0.39 is 5.97 Å². The van der Waals surface area contributed by atoms with Crippen molar-refractivity contribution in [1.29, 1.82) is 0 Å². The van der Waals surface area contributed by atoms with Crippen LogP contribution in [0.4, 0.5) is 0 Å². The SMILES string of the molecule is CCCCCCCCCCCCCCCNC(C)CNCC(=O)O. The maximum Gasteiger partial charge on any atom is 0.317 e. The van der Waals surface area contributed by atoms with E-state index in [0.717, 1.165) is 6.54 Å². The Balaban J connectivity index is 3.10. The molecule has 0 fully saturated rings. The van der Waals surface area contributed by atoms with Gasteiger partial charge in [-0.15, -0.1) is 0 Å². The lowest BCUT2D eigenvalue weighted by atomic mass is 10.0. The summed E-state index contributed by atoms with van der Waals surface area (Å²) in [5.41, 5.74) is 0. The first-order chi connectivity index (χ1) is 11.7. The molecule has 0 heterocycles. The number of unbranched alkanes of at least 4 members (excludes halogenated alkanes) is 12. The van der Waals surface area contributed by atoms with Gasteiger partial charge in [-0.25, -0.2) is 0 Å². The van der Waals surface area contributed by atoms with Gasteiger partial charge in [0.2, 0.25) is 0 Å². The highest BCUT2D eigenvalue weighted by molar-refractivity contribution is 5.68. The van der Waals surface area contributed by atoms with Crippen LogP contribution in [0.25, 0.3) is 0 Å². The van der Waals surface area contributed by atoms with Gasteiger partial charge in [-0.3, -0.25) is 4.79 Å². The molecule has 1 atom stereocenters. The van der Waals surface area contributed by atoms with Crippen LogP contribution < -0.4 is 10.6 Å². The minimum atomic E-state index is -0.793. The summed E-state index contributed by atoms with van der Waals surface area (Å²) in [4.78, 5) is 10.4. The maximum atomic E-state index is 10.4. The summed E-state index contributed by atoms with van der Waals surface area (Å²) in [5.74, 6) is -0.793. The number of hydrogen-bond acceptors (Lipinski definition) is 3. The van der Waals surface area contributed by atoms with Crippen LogP contribution in [0.15, 0.2) is 0 Å². The molecule has 0 saturated carbocycles. The van der Waals surface area contributed by atoms with E-state index in [1.807, 2.05) is 0 Å². The molecule has 0 aromatic carbocycles. The monoisotopic (exact) mass is 342 g/mol. The quantitative estimate of drug-likeness (QED) is 0.297. The van der Waals surface area contributed by atoms with E-state index in [1.54, 1.807) is 0 Å². The van der Waals surface area contributed by atoms with Crippen LogP contribution in [-0.2, 0) is 4.79 Å². The number of aliphatic carboxylic acids is 1. The highest BCUT2D eigenvalue weighted by Gasteiger charge is 2.01. The van der Waals surface area contributed by atoms with E-state index in [9.17, 15) is 4.79 Å². The predicted octanol–water partition coefficient (Wildman–Crippen LogP) is 4.73. The van der Waals surface area contributed by atoms with E-state index in [2.05, 4.69) is 24.5 Å². The van der Waals surface area contributed by atoms with Gasteiger partial charge in [0, 0.05) is 12.6 Å². The molecule has 1 unspecified atom stereocenters. The van der Waals surface area contributed by atoms with Crippen LogP contribution in [-0.4, -0.2) is 36.8 Å². The van der Waals surface area contributed by atoms with Crippen molar-refractivity contribution in [3.63, 3.8) is 0 Å². The van der Waals surface area contributed by atoms with Crippen molar-refractivity contribution >= 4 is 5.97 Å². The molecular formula is C20H42N2O2. The Hall–Kier alpha value is -0.610. The maximum absolute atomic E-state index is 10.4. The van der Waals surface area contributed by atoms with Crippen LogP contribution in [0.5, 0.6) is 0 Å². The summed E-state index contributed by atoms with van der Waals surface area (Å²) < 4.78 is 0. The summed E-state index contributed by atoms with van der Waals surface area (Å²) in [6.07, 6.45) is 18.0. The Morgan fingerprint density at radius 2 is 1.29 bits per heavy atom. The Bertz CT molecular complexity index is 272. The van der Waals surface area contributed by atoms with Gasteiger partial charge in [0.05, 0.1) is 6.54 Å². The number of hydrogen-bond donors (Lipinski definition) is 3. The lowest BCUT2D eigenvalue weighted by Crippen LogP contribution is -2.38. The fourth-order valence-corrected chi connectivity index (χ4v) is 2.96. The number of carboxylic acids is 1. The molecule has 0 spiro atoms. The molecule has 0 amide bonds. The first kappa shape index (κ1) is 23.4. The Labute approximate surface area is 150 Å². The predicted molar refractivity (Wildman–Crippen MR) is 104 cm³/mol. The van der Waals surface area contributed by atoms with Gasteiger partial charge < -0.3 is 15.7 Å². The van der Waals surface area contributed by atoms with Crippen LogP contribution in [0.1, 0.15) is 97.3 Å². The van der Waals surface area contributed by atoms with Gasteiger partial charge >= 0.3 is 5.97 Å². The van der Waals surface area contributed by atoms with Crippen molar-refractivity contribution < 1.29 is 9.90 Å². The normalized spacial score (nSPS) is 12.4.